The maximum atomic E-state index is 12.5. The zero-order valence-corrected chi connectivity index (χ0v) is 16.4. The molecule has 0 aliphatic carbocycles. The summed E-state index contributed by atoms with van der Waals surface area (Å²) in [6.45, 7) is 10.5. The Morgan fingerprint density at radius 3 is 2.26 bits per heavy atom. The van der Waals surface area contributed by atoms with Crippen LogP contribution >= 0.6 is 0 Å². The topological polar surface area (TPSA) is 78.5 Å². The lowest BCUT2D eigenvalue weighted by molar-refractivity contribution is -0.135. The van der Waals surface area contributed by atoms with Crippen molar-refractivity contribution in [3.05, 3.63) is 42.5 Å². The Kier molecular flexibility index (Phi) is 6.77. The second-order valence-electron chi connectivity index (χ2n) is 7.96. The summed E-state index contributed by atoms with van der Waals surface area (Å²) in [6, 6.07) is 7.21. The van der Waals surface area contributed by atoms with Crippen molar-refractivity contribution in [1.29, 1.82) is 0 Å². The van der Waals surface area contributed by atoms with Crippen LogP contribution in [0.15, 0.2) is 36.9 Å². The van der Waals surface area contributed by atoms with Gasteiger partial charge in [0, 0.05) is 30.2 Å². The Labute approximate surface area is 161 Å². The lowest BCUT2D eigenvalue weighted by atomic mass is 9.94. The lowest BCUT2D eigenvalue weighted by Gasteiger charge is -2.33. The third kappa shape index (κ3) is 6.55. The minimum Gasteiger partial charge on any atom is -0.351 e. The molecule has 6 nitrogen and oxygen atoms in total. The lowest BCUT2D eigenvalue weighted by Crippen LogP contribution is -2.48. The van der Waals surface area contributed by atoms with Gasteiger partial charge in [0.05, 0.1) is 6.42 Å². The SMILES string of the molecule is C=CC(=O)Nc1ccc(CC(=O)N2CCC(C(=O)NC(C)(C)C)CC2)cc1. The predicted octanol–water partition coefficient (Wildman–Crippen LogP) is 2.51. The van der Waals surface area contributed by atoms with Crippen molar-refractivity contribution in [3.8, 4) is 0 Å². The van der Waals surface area contributed by atoms with Crippen LogP contribution in [0.25, 0.3) is 0 Å². The molecule has 2 N–H and O–H groups in total. The summed E-state index contributed by atoms with van der Waals surface area (Å²) >= 11 is 0. The summed E-state index contributed by atoms with van der Waals surface area (Å²) in [7, 11) is 0. The number of carbonyl (C=O) groups is 3. The minimum absolute atomic E-state index is 0.0268. The predicted molar refractivity (Wildman–Crippen MR) is 106 cm³/mol. The van der Waals surface area contributed by atoms with E-state index in [-0.39, 0.29) is 29.2 Å². The van der Waals surface area contributed by atoms with E-state index in [1.54, 1.807) is 12.1 Å². The average molecular weight is 371 g/mol. The number of rotatable bonds is 5. The van der Waals surface area contributed by atoms with Gasteiger partial charge >= 0.3 is 0 Å². The number of hydrogen-bond acceptors (Lipinski definition) is 3. The third-order valence-electron chi connectivity index (χ3n) is 4.48. The van der Waals surface area contributed by atoms with Crippen LogP contribution in [-0.4, -0.2) is 41.2 Å². The molecule has 0 spiro atoms. The summed E-state index contributed by atoms with van der Waals surface area (Å²) in [6.07, 6.45) is 2.91. The average Bonchev–Trinajstić information content (AvgIpc) is 2.62. The first kappa shape index (κ1) is 20.7. The number of nitrogens with zero attached hydrogens (tertiary/aromatic N) is 1. The molecule has 1 aromatic rings. The molecule has 0 atom stereocenters. The van der Waals surface area contributed by atoms with Crippen LogP contribution in [0.3, 0.4) is 0 Å². The van der Waals surface area contributed by atoms with Crippen molar-refractivity contribution < 1.29 is 14.4 Å². The van der Waals surface area contributed by atoms with Gasteiger partial charge in [-0.25, -0.2) is 0 Å². The van der Waals surface area contributed by atoms with Gasteiger partial charge in [-0.3, -0.25) is 14.4 Å². The highest BCUT2D eigenvalue weighted by molar-refractivity contribution is 5.98. The molecule has 0 aromatic heterocycles. The van der Waals surface area contributed by atoms with E-state index in [4.69, 9.17) is 0 Å². The van der Waals surface area contributed by atoms with E-state index in [0.29, 0.717) is 38.0 Å². The van der Waals surface area contributed by atoms with Gasteiger partial charge in [0.15, 0.2) is 0 Å². The standard InChI is InChI=1S/C21H29N3O3/c1-5-18(25)22-17-8-6-15(7-9-17)14-19(26)24-12-10-16(11-13-24)20(27)23-21(2,3)4/h5-9,16H,1,10-14H2,2-4H3,(H,22,25)(H,23,27). The van der Waals surface area contributed by atoms with Crippen LogP contribution in [0.5, 0.6) is 0 Å². The summed E-state index contributed by atoms with van der Waals surface area (Å²) < 4.78 is 0. The fraction of sp³-hybridized carbons (Fsp3) is 0.476. The number of hydrogen-bond donors (Lipinski definition) is 2. The number of piperidine rings is 1. The minimum atomic E-state index is -0.266. The highest BCUT2D eigenvalue weighted by Crippen LogP contribution is 2.20. The second kappa shape index (κ2) is 8.84. The quantitative estimate of drug-likeness (QED) is 0.781. The monoisotopic (exact) mass is 371 g/mol. The molecular formula is C21H29N3O3. The normalized spacial score (nSPS) is 15.1. The van der Waals surface area contributed by atoms with Crippen molar-refractivity contribution >= 4 is 23.4 Å². The Hall–Kier alpha value is -2.63. The number of likely N-dealkylation sites (tertiary alicyclic amines) is 1. The van der Waals surface area contributed by atoms with E-state index >= 15 is 0 Å². The number of nitrogens with one attached hydrogen (secondary N) is 2. The Morgan fingerprint density at radius 2 is 1.74 bits per heavy atom. The van der Waals surface area contributed by atoms with Crippen molar-refractivity contribution in [2.24, 2.45) is 5.92 Å². The summed E-state index contributed by atoms with van der Waals surface area (Å²) in [4.78, 5) is 37.9. The Balaban J connectivity index is 1.83. The molecule has 146 valence electrons. The van der Waals surface area contributed by atoms with Crippen LogP contribution in [0, 0.1) is 5.92 Å². The summed E-state index contributed by atoms with van der Waals surface area (Å²) in [5.41, 5.74) is 1.33. The van der Waals surface area contributed by atoms with Gasteiger partial charge in [-0.1, -0.05) is 18.7 Å². The molecular weight excluding hydrogens is 342 g/mol. The zero-order chi connectivity index (χ0) is 20.0. The maximum absolute atomic E-state index is 12.5. The first-order valence-electron chi connectivity index (χ1n) is 9.30. The Morgan fingerprint density at radius 1 is 1.15 bits per heavy atom. The van der Waals surface area contributed by atoms with Crippen LogP contribution in [0.4, 0.5) is 5.69 Å². The molecule has 2 rings (SSSR count). The first-order valence-corrected chi connectivity index (χ1v) is 9.30. The van der Waals surface area contributed by atoms with Crippen molar-refractivity contribution in [2.75, 3.05) is 18.4 Å². The molecule has 27 heavy (non-hydrogen) atoms. The number of benzene rings is 1. The van der Waals surface area contributed by atoms with Crippen molar-refractivity contribution in [1.82, 2.24) is 10.2 Å². The van der Waals surface area contributed by atoms with Gasteiger partial charge in [0.2, 0.25) is 17.7 Å². The summed E-state index contributed by atoms with van der Waals surface area (Å²) in [5, 5.41) is 5.69. The Bertz CT molecular complexity index is 696. The maximum Gasteiger partial charge on any atom is 0.247 e. The van der Waals surface area contributed by atoms with Crippen LogP contribution in [-0.2, 0) is 20.8 Å². The molecule has 0 unspecified atom stereocenters. The van der Waals surface area contributed by atoms with E-state index in [2.05, 4.69) is 17.2 Å². The number of anilines is 1. The van der Waals surface area contributed by atoms with E-state index in [0.717, 1.165) is 5.56 Å². The largest absolute Gasteiger partial charge is 0.351 e. The smallest absolute Gasteiger partial charge is 0.247 e. The molecule has 1 aromatic carbocycles. The van der Waals surface area contributed by atoms with Crippen LogP contribution in [0.1, 0.15) is 39.2 Å². The molecule has 1 saturated heterocycles. The van der Waals surface area contributed by atoms with E-state index < -0.39 is 0 Å². The van der Waals surface area contributed by atoms with Crippen LogP contribution in [0.2, 0.25) is 0 Å². The van der Waals surface area contributed by atoms with E-state index in [9.17, 15) is 14.4 Å². The van der Waals surface area contributed by atoms with E-state index in [1.807, 2.05) is 37.8 Å². The molecule has 0 bridgehead atoms. The van der Waals surface area contributed by atoms with Gasteiger partial charge in [0.25, 0.3) is 0 Å². The fourth-order valence-electron chi connectivity index (χ4n) is 3.05. The highest BCUT2D eigenvalue weighted by Gasteiger charge is 2.29. The fourth-order valence-corrected chi connectivity index (χ4v) is 3.05. The van der Waals surface area contributed by atoms with Gasteiger partial charge in [-0.2, -0.15) is 0 Å². The third-order valence-corrected chi connectivity index (χ3v) is 4.48. The van der Waals surface area contributed by atoms with E-state index in [1.165, 1.54) is 6.08 Å². The molecule has 1 aliphatic heterocycles. The van der Waals surface area contributed by atoms with Gasteiger partial charge in [-0.05, 0) is 57.4 Å². The van der Waals surface area contributed by atoms with Gasteiger partial charge in [-0.15, -0.1) is 0 Å². The molecule has 6 heteroatoms. The van der Waals surface area contributed by atoms with Crippen molar-refractivity contribution in [2.45, 2.75) is 45.6 Å². The number of amides is 3. The van der Waals surface area contributed by atoms with Crippen LogP contribution < -0.4 is 10.6 Å². The van der Waals surface area contributed by atoms with Gasteiger partial charge in [0.1, 0.15) is 0 Å². The molecule has 0 radical (unpaired) electrons. The van der Waals surface area contributed by atoms with Crippen molar-refractivity contribution in [3.63, 3.8) is 0 Å². The first-order chi connectivity index (χ1) is 12.7. The summed E-state index contributed by atoms with van der Waals surface area (Å²) in [5.74, 6) is -0.155. The molecule has 0 saturated carbocycles. The highest BCUT2D eigenvalue weighted by atomic mass is 16.2. The second-order valence-corrected chi connectivity index (χ2v) is 7.96. The molecule has 1 fully saturated rings. The molecule has 3 amide bonds. The zero-order valence-electron chi connectivity index (χ0n) is 16.4. The molecule has 1 aliphatic rings. The molecule has 1 heterocycles. The van der Waals surface area contributed by atoms with Gasteiger partial charge < -0.3 is 15.5 Å². The number of carbonyl (C=O) groups excluding carboxylic acids is 3.